The SMILES string of the molecule is NC(N)=NCCC[C@H](N)C(=O)C[C@H]1O[C@H](O[C@H]2[C@H](O)[C@@H](O)[C@H](C(=O)[C@@H](N)CCCN=C(N)N)C[C@@H]2C(=O)[C@@H](N)CCCN=C(N)N)[C@H](C(=O)[C@@H](N)CCCN=C(N)N)[C@@H](O)[C@@H]1O. The molecule has 0 spiro atoms. The summed E-state index contributed by atoms with van der Waals surface area (Å²) in [6.45, 7) is 0.569. The third-order valence-electron chi connectivity index (χ3n) is 10.8. The maximum Gasteiger partial charge on any atom is 0.185 e. The Morgan fingerprint density at radius 3 is 1.34 bits per heavy atom. The highest BCUT2D eigenvalue weighted by Crippen LogP contribution is 2.39. The van der Waals surface area contributed by atoms with Crippen LogP contribution in [0.15, 0.2) is 20.0 Å². The standard InChI is InChI=1S/C36H70N16O10/c37-17(5-1-9-49-33(41)42)21(53)14-22-28(58)29(59)23(27(57)20(40)8-4-12-52-36(47)48)32(61-22)62-31-16(25(55)19(39)7-3-11-51-35(45)46)13-15(26(56)30(31)60)24(54)18(38)6-2-10-50-34(43)44/h15-20,22-23,26,28-32,56,58-60H,1-14,37-40H2,(H4,41,42,49)(H4,43,44,50)(H4,45,46,51)(H4,47,48,52)/t15-,16+,17-,18-,19-,20-,22+,23+,26-,28+,29+,30+,31+,32+/m0/s1. The molecule has 1 heterocycles. The second-order valence-electron chi connectivity index (χ2n) is 15.7. The van der Waals surface area contributed by atoms with Crippen molar-refractivity contribution in [1.29, 1.82) is 0 Å². The molecule has 1 aliphatic carbocycles. The number of hydrogen-bond acceptors (Lipinski definition) is 18. The highest BCUT2D eigenvalue weighted by atomic mass is 16.7. The van der Waals surface area contributed by atoms with Crippen LogP contribution in [0.5, 0.6) is 0 Å². The molecule has 1 saturated heterocycles. The van der Waals surface area contributed by atoms with E-state index in [1.807, 2.05) is 0 Å². The van der Waals surface area contributed by atoms with E-state index in [-0.39, 0.29) is 95.0 Å². The molecular weight excluding hydrogens is 816 g/mol. The fraction of sp³-hybridized carbons (Fsp3) is 0.778. The summed E-state index contributed by atoms with van der Waals surface area (Å²) in [7, 11) is 0. The number of aliphatic hydroxyl groups is 4. The van der Waals surface area contributed by atoms with Gasteiger partial charge in [0, 0.05) is 44.4 Å². The molecule has 0 aromatic rings. The number of hydrogen-bond donors (Lipinski definition) is 16. The molecule has 14 atom stereocenters. The lowest BCUT2D eigenvalue weighted by Gasteiger charge is -2.47. The van der Waals surface area contributed by atoms with Crippen molar-refractivity contribution in [2.75, 3.05) is 26.2 Å². The number of aliphatic imine (C=N–C) groups is 4. The fourth-order valence-corrected chi connectivity index (χ4v) is 7.44. The van der Waals surface area contributed by atoms with Crippen molar-refractivity contribution < 1.29 is 49.1 Å². The number of rotatable bonds is 27. The molecule has 0 unspecified atom stereocenters. The molecule has 2 aliphatic rings. The summed E-state index contributed by atoms with van der Waals surface area (Å²) in [6, 6.07) is -4.78. The van der Waals surface area contributed by atoms with Gasteiger partial charge < -0.3 is 98.7 Å². The van der Waals surface area contributed by atoms with Crippen LogP contribution in [-0.4, -0.2) is 161 Å². The number of nitrogens with two attached hydrogens (primary N) is 12. The lowest BCUT2D eigenvalue weighted by atomic mass is 9.70. The van der Waals surface area contributed by atoms with Gasteiger partial charge in [-0.15, -0.1) is 0 Å². The van der Waals surface area contributed by atoms with Gasteiger partial charge in [0.2, 0.25) is 0 Å². The van der Waals surface area contributed by atoms with Crippen molar-refractivity contribution >= 4 is 47.0 Å². The number of Topliss-reactive ketones (excluding diaryl/α,β-unsaturated/α-hetero) is 4. The first kappa shape index (κ1) is 53.5. The van der Waals surface area contributed by atoms with Gasteiger partial charge in [-0.1, -0.05) is 0 Å². The Balaban J connectivity index is 2.55. The van der Waals surface area contributed by atoms with Crippen LogP contribution in [0.3, 0.4) is 0 Å². The Bertz CT molecular complexity index is 1590. The maximum absolute atomic E-state index is 14.2. The monoisotopic (exact) mass is 887 g/mol. The Hall–Kier alpha value is -4.64. The smallest absolute Gasteiger partial charge is 0.185 e. The van der Waals surface area contributed by atoms with Gasteiger partial charge in [0.25, 0.3) is 0 Å². The summed E-state index contributed by atoms with van der Waals surface area (Å²) in [5, 5.41) is 46.0. The van der Waals surface area contributed by atoms with Crippen molar-refractivity contribution in [1.82, 2.24) is 0 Å². The Kier molecular flexibility index (Phi) is 22.5. The molecule has 0 radical (unpaired) electrons. The van der Waals surface area contributed by atoms with E-state index < -0.39 is 121 Å². The molecule has 354 valence electrons. The third-order valence-corrected chi connectivity index (χ3v) is 10.8. The lowest BCUT2D eigenvalue weighted by Crippen LogP contribution is -2.64. The summed E-state index contributed by atoms with van der Waals surface area (Å²) in [6.07, 6.45) is -12.6. The van der Waals surface area contributed by atoms with Gasteiger partial charge >= 0.3 is 0 Å². The number of aliphatic hydroxyl groups excluding tert-OH is 4. The largest absolute Gasteiger partial charge is 0.390 e. The molecule has 26 heteroatoms. The van der Waals surface area contributed by atoms with Gasteiger partial charge in [0.1, 0.15) is 12.2 Å². The normalized spacial score (nSPS) is 28.0. The fourth-order valence-electron chi connectivity index (χ4n) is 7.44. The van der Waals surface area contributed by atoms with Crippen LogP contribution in [0.1, 0.15) is 64.2 Å². The quantitative estimate of drug-likeness (QED) is 0.0207. The van der Waals surface area contributed by atoms with E-state index in [9.17, 15) is 39.6 Å². The molecule has 0 bridgehead atoms. The van der Waals surface area contributed by atoms with Gasteiger partial charge in [0.05, 0.1) is 54.5 Å². The number of ether oxygens (including phenoxy) is 2. The minimum Gasteiger partial charge on any atom is -0.390 e. The second-order valence-corrected chi connectivity index (χ2v) is 15.7. The van der Waals surface area contributed by atoms with Crippen LogP contribution < -0.4 is 68.8 Å². The van der Waals surface area contributed by atoms with Gasteiger partial charge in [-0.25, -0.2) is 0 Å². The highest BCUT2D eigenvalue weighted by molar-refractivity contribution is 5.91. The zero-order valence-corrected chi connectivity index (χ0v) is 34.9. The van der Waals surface area contributed by atoms with E-state index >= 15 is 0 Å². The first-order valence-corrected chi connectivity index (χ1v) is 20.5. The van der Waals surface area contributed by atoms with Gasteiger partial charge in [0.15, 0.2) is 53.3 Å². The van der Waals surface area contributed by atoms with E-state index in [4.69, 9.17) is 78.3 Å². The van der Waals surface area contributed by atoms with Crippen LogP contribution >= 0.6 is 0 Å². The average molecular weight is 887 g/mol. The van der Waals surface area contributed by atoms with Crippen molar-refractivity contribution in [3.63, 3.8) is 0 Å². The van der Waals surface area contributed by atoms with E-state index in [0.717, 1.165) is 0 Å². The summed E-state index contributed by atoms with van der Waals surface area (Å²) >= 11 is 0. The summed E-state index contributed by atoms with van der Waals surface area (Å²) < 4.78 is 12.3. The molecular formula is C36H70N16O10. The highest BCUT2D eigenvalue weighted by Gasteiger charge is 2.55. The summed E-state index contributed by atoms with van der Waals surface area (Å²) in [5.74, 6) is -8.17. The third kappa shape index (κ3) is 16.6. The van der Waals surface area contributed by atoms with Crippen molar-refractivity contribution in [2.45, 2.75) is 131 Å². The first-order valence-electron chi connectivity index (χ1n) is 20.5. The predicted octanol–water partition coefficient (Wildman–Crippen LogP) is -8.02. The number of ketones is 4. The van der Waals surface area contributed by atoms with Crippen LogP contribution in [0.4, 0.5) is 0 Å². The Labute approximate surface area is 359 Å². The minimum atomic E-state index is -2.02. The molecule has 1 saturated carbocycles. The summed E-state index contributed by atoms with van der Waals surface area (Å²) in [4.78, 5) is 70.7. The van der Waals surface area contributed by atoms with E-state index in [2.05, 4.69) is 20.0 Å². The molecule has 1 aliphatic heterocycles. The number of carbonyl (C=O) groups is 4. The Morgan fingerprint density at radius 1 is 0.532 bits per heavy atom. The first-order chi connectivity index (χ1) is 29.1. The second kappa shape index (κ2) is 26.1. The van der Waals surface area contributed by atoms with Crippen LogP contribution in [0.25, 0.3) is 0 Å². The van der Waals surface area contributed by atoms with Gasteiger partial charge in [-0.3, -0.25) is 39.1 Å². The van der Waals surface area contributed by atoms with Crippen LogP contribution in [0, 0.1) is 17.8 Å². The predicted molar refractivity (Wildman–Crippen MR) is 229 cm³/mol. The molecule has 28 N–H and O–H groups in total. The molecule has 2 fully saturated rings. The van der Waals surface area contributed by atoms with E-state index in [1.54, 1.807) is 0 Å². The number of nitrogens with zero attached hydrogens (tertiary/aromatic N) is 4. The minimum absolute atomic E-state index is 0.00510. The summed E-state index contributed by atoms with van der Waals surface area (Å²) in [5.41, 5.74) is 68.0. The number of guanidine groups is 4. The topological polar surface area (TPSA) is 529 Å². The molecule has 0 aromatic heterocycles. The van der Waals surface area contributed by atoms with Crippen LogP contribution in [-0.2, 0) is 28.7 Å². The van der Waals surface area contributed by atoms with Crippen molar-refractivity contribution in [2.24, 2.45) is 107 Å². The van der Waals surface area contributed by atoms with Gasteiger partial charge in [-0.2, -0.15) is 0 Å². The van der Waals surface area contributed by atoms with E-state index in [1.165, 1.54) is 0 Å². The lowest BCUT2D eigenvalue weighted by molar-refractivity contribution is -0.305. The maximum atomic E-state index is 14.2. The van der Waals surface area contributed by atoms with Crippen molar-refractivity contribution in [3.05, 3.63) is 0 Å². The van der Waals surface area contributed by atoms with Crippen molar-refractivity contribution in [3.8, 4) is 0 Å². The zero-order chi connectivity index (χ0) is 46.8. The molecule has 0 amide bonds. The molecule has 0 aromatic carbocycles. The average Bonchev–Trinajstić information content (AvgIpc) is 3.20. The zero-order valence-electron chi connectivity index (χ0n) is 34.9. The number of carbonyl (C=O) groups excluding carboxylic acids is 4. The van der Waals surface area contributed by atoms with E-state index in [0.29, 0.717) is 6.42 Å². The molecule has 2 rings (SSSR count). The Morgan fingerprint density at radius 2 is 0.919 bits per heavy atom. The van der Waals surface area contributed by atoms with Gasteiger partial charge in [-0.05, 0) is 57.8 Å². The van der Waals surface area contributed by atoms with Crippen LogP contribution in [0.2, 0.25) is 0 Å². The molecule has 26 nitrogen and oxygen atoms in total. The molecule has 62 heavy (non-hydrogen) atoms.